The van der Waals surface area contributed by atoms with Crippen LogP contribution in [0.3, 0.4) is 0 Å². The van der Waals surface area contributed by atoms with Crippen molar-refractivity contribution in [1.29, 1.82) is 0 Å². The van der Waals surface area contributed by atoms with Crippen molar-refractivity contribution < 1.29 is 28.0 Å². The van der Waals surface area contributed by atoms with Crippen LogP contribution < -0.4 is 16.0 Å². The van der Waals surface area contributed by atoms with E-state index in [4.69, 9.17) is 0 Å². The van der Waals surface area contributed by atoms with Crippen LogP contribution in [0.4, 0.5) is 8.78 Å². The van der Waals surface area contributed by atoms with Gasteiger partial charge >= 0.3 is 0 Å². The number of alkyl halides is 2. The zero-order valence-electron chi connectivity index (χ0n) is 23.0. The maximum Gasteiger partial charge on any atom is 0.289 e. The van der Waals surface area contributed by atoms with Gasteiger partial charge in [-0.25, -0.2) is 8.78 Å². The number of hydrogen-bond donors (Lipinski definition) is 3. The lowest BCUT2D eigenvalue weighted by molar-refractivity contribution is -0.140. The zero-order valence-corrected chi connectivity index (χ0v) is 23.0. The summed E-state index contributed by atoms with van der Waals surface area (Å²) >= 11 is 0. The van der Waals surface area contributed by atoms with Crippen molar-refractivity contribution in [1.82, 2.24) is 25.9 Å². The second-order valence-corrected chi connectivity index (χ2v) is 10.3. The number of aromatic nitrogens is 2. The summed E-state index contributed by atoms with van der Waals surface area (Å²) < 4.78 is 27.3. The highest BCUT2D eigenvalue weighted by Gasteiger charge is 2.38. The molecule has 0 aliphatic heterocycles. The Morgan fingerprint density at radius 3 is 2.02 bits per heavy atom. The van der Waals surface area contributed by atoms with E-state index in [-0.39, 0.29) is 32.2 Å². The smallest absolute Gasteiger partial charge is 0.289 e. The second-order valence-electron chi connectivity index (χ2n) is 10.3. The molecule has 42 heavy (non-hydrogen) atoms. The highest BCUT2D eigenvalue weighted by molar-refractivity contribution is 6.38. The van der Waals surface area contributed by atoms with Crippen LogP contribution in [0.1, 0.15) is 42.6 Å². The van der Waals surface area contributed by atoms with Crippen LogP contribution in [0.2, 0.25) is 0 Å². The van der Waals surface area contributed by atoms with E-state index in [0.717, 1.165) is 0 Å². The zero-order chi connectivity index (χ0) is 30.0. The Bertz CT molecular complexity index is 1350. The van der Waals surface area contributed by atoms with Gasteiger partial charge in [0, 0.05) is 49.7 Å². The van der Waals surface area contributed by atoms with Gasteiger partial charge in [-0.3, -0.25) is 29.1 Å². The molecule has 220 valence electrons. The predicted molar refractivity (Wildman–Crippen MR) is 150 cm³/mol. The molecular formula is C31H33F2N5O4. The van der Waals surface area contributed by atoms with E-state index in [1.807, 2.05) is 0 Å². The van der Waals surface area contributed by atoms with Gasteiger partial charge in [0.2, 0.25) is 23.5 Å². The van der Waals surface area contributed by atoms with Gasteiger partial charge in [-0.15, -0.1) is 0 Å². The number of pyridine rings is 2. The highest BCUT2D eigenvalue weighted by Crippen LogP contribution is 2.36. The molecule has 9 nitrogen and oxygen atoms in total. The Morgan fingerprint density at radius 1 is 0.786 bits per heavy atom. The number of nitrogens with one attached hydrogen (secondary N) is 3. The number of carbonyl (C=O) groups excluding carboxylic acids is 4. The normalized spacial score (nSPS) is 16.0. The number of nitrogens with zero attached hydrogens (tertiary/aromatic N) is 2. The summed E-state index contributed by atoms with van der Waals surface area (Å²) in [6.45, 7) is 0.0240. The number of benzene rings is 1. The topological polar surface area (TPSA) is 130 Å². The molecule has 0 spiro atoms. The summed E-state index contributed by atoms with van der Waals surface area (Å²) in [5.41, 5.74) is 1.77. The summed E-state index contributed by atoms with van der Waals surface area (Å²) in [6.07, 6.45) is 2.35. The van der Waals surface area contributed by atoms with Crippen molar-refractivity contribution >= 4 is 23.5 Å². The molecule has 0 saturated heterocycles. The van der Waals surface area contributed by atoms with Crippen LogP contribution >= 0.6 is 0 Å². The number of rotatable bonds is 12. The van der Waals surface area contributed by atoms with Crippen molar-refractivity contribution in [2.45, 2.75) is 63.1 Å². The summed E-state index contributed by atoms with van der Waals surface area (Å²) in [5.74, 6) is -6.43. The first-order valence-corrected chi connectivity index (χ1v) is 13.8. The van der Waals surface area contributed by atoms with E-state index in [1.165, 1.54) is 0 Å². The van der Waals surface area contributed by atoms with E-state index < -0.39 is 60.3 Å². The molecule has 2 atom stereocenters. The van der Waals surface area contributed by atoms with Crippen molar-refractivity contribution in [2.75, 3.05) is 0 Å². The van der Waals surface area contributed by atoms with Crippen LogP contribution in [0.15, 0.2) is 79.1 Å². The van der Waals surface area contributed by atoms with Gasteiger partial charge < -0.3 is 16.0 Å². The monoisotopic (exact) mass is 577 g/mol. The first kappa shape index (κ1) is 30.4. The van der Waals surface area contributed by atoms with E-state index in [2.05, 4.69) is 25.9 Å². The van der Waals surface area contributed by atoms with Crippen molar-refractivity contribution in [3.63, 3.8) is 0 Å². The number of hydrogen-bond acceptors (Lipinski definition) is 6. The van der Waals surface area contributed by atoms with E-state index in [0.29, 0.717) is 17.0 Å². The standard InChI is InChI=1S/C31H33F2N5O4/c32-31(33)14-12-22(13-15-31)28(40)38-26(19-23-10-4-6-16-34-23)29(41)37-25(18-21-8-2-1-3-9-21)27(39)30(42)36-20-24-11-5-7-17-35-24/h1-11,16-17,22,25-26H,12-15,18-20H2,(H,36,42)(H,37,41)(H,38,40)/t25-,26-/m1/s1. The maximum absolute atomic E-state index is 13.7. The fraction of sp³-hybridized carbons (Fsp3) is 0.355. The molecule has 0 radical (unpaired) electrons. The Kier molecular flexibility index (Phi) is 10.4. The van der Waals surface area contributed by atoms with Crippen LogP contribution in [-0.4, -0.2) is 51.5 Å². The number of ketones is 1. The third kappa shape index (κ3) is 8.98. The molecule has 1 saturated carbocycles. The highest BCUT2D eigenvalue weighted by atomic mass is 19.3. The van der Waals surface area contributed by atoms with E-state index in [9.17, 15) is 28.0 Å². The maximum atomic E-state index is 13.7. The van der Waals surface area contributed by atoms with Gasteiger partial charge in [-0.2, -0.15) is 0 Å². The molecule has 2 heterocycles. The fourth-order valence-corrected chi connectivity index (χ4v) is 4.78. The number of amides is 3. The first-order valence-electron chi connectivity index (χ1n) is 13.8. The molecule has 3 amide bonds. The van der Waals surface area contributed by atoms with Gasteiger partial charge in [0.25, 0.3) is 5.91 Å². The van der Waals surface area contributed by atoms with Gasteiger partial charge in [-0.1, -0.05) is 42.5 Å². The SMILES string of the molecule is O=C(NCc1ccccn1)C(=O)[C@@H](Cc1ccccc1)NC(=O)[C@@H](Cc1ccccn1)NC(=O)C1CCC(F)(F)CC1. The van der Waals surface area contributed by atoms with Crippen LogP contribution in [-0.2, 0) is 38.6 Å². The lowest BCUT2D eigenvalue weighted by Crippen LogP contribution is -2.56. The Hall–Kier alpha value is -4.54. The third-order valence-electron chi connectivity index (χ3n) is 7.16. The lowest BCUT2D eigenvalue weighted by Gasteiger charge is -2.29. The molecule has 1 aliphatic carbocycles. The lowest BCUT2D eigenvalue weighted by atomic mass is 9.86. The second kappa shape index (κ2) is 14.4. The minimum atomic E-state index is -2.80. The van der Waals surface area contributed by atoms with E-state index >= 15 is 0 Å². The van der Waals surface area contributed by atoms with Crippen molar-refractivity contribution in [2.24, 2.45) is 5.92 Å². The average molecular weight is 578 g/mol. The van der Waals surface area contributed by atoms with Crippen molar-refractivity contribution in [3.8, 4) is 0 Å². The molecule has 2 aromatic heterocycles. The summed E-state index contributed by atoms with van der Waals surface area (Å²) in [6, 6.07) is 16.8. The van der Waals surface area contributed by atoms with Gasteiger partial charge in [0.15, 0.2) is 0 Å². The Labute approximate surface area is 242 Å². The molecule has 3 N–H and O–H groups in total. The molecule has 1 fully saturated rings. The van der Waals surface area contributed by atoms with Crippen LogP contribution in [0.25, 0.3) is 0 Å². The van der Waals surface area contributed by atoms with Gasteiger partial charge in [0.05, 0.1) is 12.2 Å². The van der Waals surface area contributed by atoms with Gasteiger partial charge in [-0.05, 0) is 42.7 Å². The van der Waals surface area contributed by atoms with Crippen molar-refractivity contribution in [3.05, 3.63) is 96.1 Å². The molecule has 0 bridgehead atoms. The first-order chi connectivity index (χ1) is 20.2. The number of halogens is 2. The largest absolute Gasteiger partial charge is 0.344 e. The quantitative estimate of drug-likeness (QED) is 0.284. The minimum Gasteiger partial charge on any atom is -0.344 e. The molecule has 3 aromatic rings. The summed E-state index contributed by atoms with van der Waals surface area (Å²) in [7, 11) is 0. The average Bonchev–Trinajstić information content (AvgIpc) is 3.00. The molecule has 4 rings (SSSR count). The summed E-state index contributed by atoms with van der Waals surface area (Å²) in [5, 5.41) is 7.89. The summed E-state index contributed by atoms with van der Waals surface area (Å²) in [4.78, 5) is 61.2. The van der Waals surface area contributed by atoms with Crippen LogP contribution in [0.5, 0.6) is 0 Å². The molecule has 0 unspecified atom stereocenters. The van der Waals surface area contributed by atoms with E-state index in [1.54, 1.807) is 79.1 Å². The molecule has 11 heteroatoms. The molecular weight excluding hydrogens is 544 g/mol. The van der Waals surface area contributed by atoms with Gasteiger partial charge in [0.1, 0.15) is 12.1 Å². The Balaban J connectivity index is 1.50. The fourth-order valence-electron chi connectivity index (χ4n) is 4.78. The molecule has 1 aliphatic rings. The predicted octanol–water partition coefficient (Wildman–Crippen LogP) is 2.94. The number of carbonyl (C=O) groups is 4. The third-order valence-corrected chi connectivity index (χ3v) is 7.16. The number of Topliss-reactive ketones (excluding diaryl/α,β-unsaturated/α-hetero) is 1. The minimum absolute atomic E-state index is 0.000582. The molecule has 1 aromatic carbocycles. The van der Waals surface area contributed by atoms with Crippen LogP contribution in [0, 0.1) is 5.92 Å². The Morgan fingerprint density at radius 2 is 1.40 bits per heavy atom.